The molecule has 2 rings (SSSR count). The van der Waals surface area contributed by atoms with Crippen LogP contribution in [0.3, 0.4) is 0 Å². The number of hydrogen-bond acceptors (Lipinski definition) is 4. The highest BCUT2D eigenvalue weighted by Crippen LogP contribution is 2.27. The van der Waals surface area contributed by atoms with Crippen LogP contribution in [0.4, 0.5) is 0 Å². The van der Waals surface area contributed by atoms with Gasteiger partial charge in [0.25, 0.3) is 0 Å². The molecule has 20 heavy (non-hydrogen) atoms. The minimum atomic E-state index is 0.749. The SMILES string of the molecule is COc1ccc(CNCc2cn(C)nc2C)cc1OC. The van der Waals surface area contributed by atoms with E-state index < -0.39 is 0 Å². The first-order chi connectivity index (χ1) is 9.63. The van der Waals surface area contributed by atoms with Crippen molar-refractivity contribution >= 4 is 0 Å². The molecule has 0 amide bonds. The van der Waals surface area contributed by atoms with Gasteiger partial charge in [0.05, 0.1) is 19.9 Å². The Kier molecular flexibility index (Phi) is 4.63. The molecule has 108 valence electrons. The molecule has 2 aromatic rings. The summed E-state index contributed by atoms with van der Waals surface area (Å²) >= 11 is 0. The molecule has 0 aliphatic heterocycles. The molecule has 5 nitrogen and oxygen atoms in total. The van der Waals surface area contributed by atoms with E-state index in [1.807, 2.05) is 43.0 Å². The number of nitrogens with one attached hydrogen (secondary N) is 1. The maximum absolute atomic E-state index is 5.30. The van der Waals surface area contributed by atoms with Crippen molar-refractivity contribution in [2.75, 3.05) is 14.2 Å². The fourth-order valence-electron chi connectivity index (χ4n) is 2.15. The normalized spacial score (nSPS) is 10.6. The number of rotatable bonds is 6. The average Bonchev–Trinajstić information content (AvgIpc) is 2.77. The lowest BCUT2D eigenvalue weighted by Crippen LogP contribution is -2.13. The van der Waals surface area contributed by atoms with Crippen LogP contribution in [0.15, 0.2) is 24.4 Å². The summed E-state index contributed by atoms with van der Waals surface area (Å²) in [5.41, 5.74) is 3.43. The third kappa shape index (κ3) is 3.30. The van der Waals surface area contributed by atoms with Crippen LogP contribution in [-0.4, -0.2) is 24.0 Å². The zero-order valence-electron chi connectivity index (χ0n) is 12.4. The van der Waals surface area contributed by atoms with Gasteiger partial charge in [0.1, 0.15) is 0 Å². The summed E-state index contributed by atoms with van der Waals surface area (Å²) in [6, 6.07) is 5.94. The van der Waals surface area contributed by atoms with Gasteiger partial charge in [-0.2, -0.15) is 5.10 Å². The van der Waals surface area contributed by atoms with Crippen molar-refractivity contribution in [1.29, 1.82) is 0 Å². The Hall–Kier alpha value is -2.01. The second kappa shape index (κ2) is 6.43. The summed E-state index contributed by atoms with van der Waals surface area (Å²) in [7, 11) is 5.22. The summed E-state index contributed by atoms with van der Waals surface area (Å²) in [5, 5.41) is 7.74. The fourth-order valence-corrected chi connectivity index (χ4v) is 2.15. The molecule has 0 radical (unpaired) electrons. The van der Waals surface area contributed by atoms with Crippen LogP contribution < -0.4 is 14.8 Å². The predicted octanol–water partition coefficient (Wildman–Crippen LogP) is 2.04. The maximum Gasteiger partial charge on any atom is 0.161 e. The smallest absolute Gasteiger partial charge is 0.161 e. The van der Waals surface area contributed by atoms with Crippen LogP contribution in [0.5, 0.6) is 11.5 Å². The van der Waals surface area contributed by atoms with Gasteiger partial charge in [-0.1, -0.05) is 6.07 Å². The molecule has 0 aliphatic carbocycles. The van der Waals surface area contributed by atoms with Gasteiger partial charge in [-0.15, -0.1) is 0 Å². The largest absolute Gasteiger partial charge is 0.493 e. The number of methoxy groups -OCH3 is 2. The minimum absolute atomic E-state index is 0.749. The van der Waals surface area contributed by atoms with Crippen LogP contribution in [0.1, 0.15) is 16.8 Å². The average molecular weight is 275 g/mol. The minimum Gasteiger partial charge on any atom is -0.493 e. The Morgan fingerprint density at radius 2 is 1.90 bits per heavy atom. The first-order valence-electron chi connectivity index (χ1n) is 6.54. The molecule has 0 spiro atoms. The van der Waals surface area contributed by atoms with Gasteiger partial charge in [0.15, 0.2) is 11.5 Å². The number of benzene rings is 1. The second-order valence-electron chi connectivity index (χ2n) is 4.71. The van der Waals surface area contributed by atoms with Crippen molar-refractivity contribution in [1.82, 2.24) is 15.1 Å². The Morgan fingerprint density at radius 1 is 1.15 bits per heavy atom. The van der Waals surface area contributed by atoms with Crippen molar-refractivity contribution in [3.8, 4) is 11.5 Å². The van der Waals surface area contributed by atoms with Crippen LogP contribution in [0, 0.1) is 6.92 Å². The van der Waals surface area contributed by atoms with E-state index in [4.69, 9.17) is 9.47 Å². The molecule has 0 atom stereocenters. The lowest BCUT2D eigenvalue weighted by atomic mass is 10.2. The summed E-state index contributed by atoms with van der Waals surface area (Å²) in [4.78, 5) is 0. The molecule has 0 fully saturated rings. The zero-order chi connectivity index (χ0) is 14.5. The highest BCUT2D eigenvalue weighted by Gasteiger charge is 2.05. The molecule has 0 bridgehead atoms. The Morgan fingerprint density at radius 3 is 2.50 bits per heavy atom. The number of nitrogens with zero attached hydrogens (tertiary/aromatic N) is 2. The molecule has 1 aromatic carbocycles. The van der Waals surface area contributed by atoms with Crippen LogP contribution in [0.2, 0.25) is 0 Å². The first-order valence-corrected chi connectivity index (χ1v) is 6.54. The molecule has 0 unspecified atom stereocenters. The molecule has 1 aromatic heterocycles. The molecular weight excluding hydrogens is 254 g/mol. The van der Waals surface area contributed by atoms with E-state index in [0.717, 1.165) is 35.8 Å². The van der Waals surface area contributed by atoms with E-state index in [2.05, 4.69) is 10.4 Å². The van der Waals surface area contributed by atoms with E-state index in [1.165, 1.54) is 5.56 Å². The van der Waals surface area contributed by atoms with E-state index >= 15 is 0 Å². The van der Waals surface area contributed by atoms with Gasteiger partial charge in [0, 0.05) is 31.9 Å². The van der Waals surface area contributed by atoms with Gasteiger partial charge in [-0.05, 0) is 24.6 Å². The number of hydrogen-bond donors (Lipinski definition) is 1. The second-order valence-corrected chi connectivity index (χ2v) is 4.71. The highest BCUT2D eigenvalue weighted by atomic mass is 16.5. The first kappa shape index (κ1) is 14.4. The monoisotopic (exact) mass is 275 g/mol. The standard InChI is InChI=1S/C15H21N3O2/c1-11-13(10-18(2)17-11)9-16-8-12-5-6-14(19-3)15(7-12)20-4/h5-7,10,16H,8-9H2,1-4H3. The van der Waals surface area contributed by atoms with Gasteiger partial charge >= 0.3 is 0 Å². The van der Waals surface area contributed by atoms with Gasteiger partial charge in [0.2, 0.25) is 0 Å². The summed E-state index contributed by atoms with van der Waals surface area (Å²) in [6.07, 6.45) is 2.04. The fraction of sp³-hybridized carbons (Fsp3) is 0.400. The molecule has 1 heterocycles. The van der Waals surface area contributed by atoms with E-state index in [9.17, 15) is 0 Å². The van der Waals surface area contributed by atoms with Gasteiger partial charge in [-0.3, -0.25) is 4.68 Å². The molecular formula is C15H21N3O2. The van der Waals surface area contributed by atoms with Crippen molar-refractivity contribution < 1.29 is 9.47 Å². The van der Waals surface area contributed by atoms with E-state index in [1.54, 1.807) is 14.2 Å². The third-order valence-corrected chi connectivity index (χ3v) is 3.21. The van der Waals surface area contributed by atoms with Crippen LogP contribution in [-0.2, 0) is 20.1 Å². The highest BCUT2D eigenvalue weighted by molar-refractivity contribution is 5.42. The molecule has 0 saturated heterocycles. The number of aromatic nitrogens is 2. The molecule has 0 aliphatic rings. The van der Waals surface area contributed by atoms with Crippen molar-refractivity contribution in [3.63, 3.8) is 0 Å². The maximum atomic E-state index is 5.30. The van der Waals surface area contributed by atoms with Gasteiger partial charge in [-0.25, -0.2) is 0 Å². The van der Waals surface area contributed by atoms with E-state index in [0.29, 0.717) is 0 Å². The summed E-state index contributed by atoms with van der Waals surface area (Å²) < 4.78 is 12.4. The topological polar surface area (TPSA) is 48.3 Å². The van der Waals surface area contributed by atoms with Crippen molar-refractivity contribution in [2.24, 2.45) is 7.05 Å². The lowest BCUT2D eigenvalue weighted by Gasteiger charge is -2.10. The van der Waals surface area contributed by atoms with Gasteiger partial charge < -0.3 is 14.8 Å². The zero-order valence-corrected chi connectivity index (χ0v) is 12.4. The Balaban J connectivity index is 1.95. The summed E-state index contributed by atoms with van der Waals surface area (Å²) in [6.45, 7) is 3.59. The Bertz CT molecular complexity index is 578. The van der Waals surface area contributed by atoms with Crippen molar-refractivity contribution in [2.45, 2.75) is 20.0 Å². The quantitative estimate of drug-likeness (QED) is 0.876. The summed E-state index contributed by atoms with van der Waals surface area (Å²) in [5.74, 6) is 1.50. The molecule has 0 saturated carbocycles. The van der Waals surface area contributed by atoms with Crippen LogP contribution in [0.25, 0.3) is 0 Å². The number of ether oxygens (including phenoxy) is 2. The van der Waals surface area contributed by atoms with E-state index in [-0.39, 0.29) is 0 Å². The molecule has 1 N–H and O–H groups in total. The van der Waals surface area contributed by atoms with Crippen LogP contribution >= 0.6 is 0 Å². The number of aryl methyl sites for hydroxylation is 2. The van der Waals surface area contributed by atoms with Crippen molar-refractivity contribution in [3.05, 3.63) is 41.2 Å². The molecule has 5 heteroatoms. The lowest BCUT2D eigenvalue weighted by molar-refractivity contribution is 0.354. The predicted molar refractivity (Wildman–Crippen MR) is 78.0 cm³/mol. The third-order valence-electron chi connectivity index (χ3n) is 3.21. The Labute approximate surface area is 119 Å².